The Hall–Kier alpha value is -3.27. The molecular weight excluding hydrogens is 308 g/mol. The highest BCUT2D eigenvalue weighted by atomic mass is 16.5. The average molecular weight is 324 g/mol. The number of hydrogen-bond acceptors (Lipinski definition) is 6. The maximum Gasteiger partial charge on any atom is 0.317 e. The summed E-state index contributed by atoms with van der Waals surface area (Å²) in [7, 11) is 1.35. The van der Waals surface area contributed by atoms with Gasteiger partial charge in [-0.1, -0.05) is 24.6 Å². The maximum atomic E-state index is 12.3. The SMILES string of the molecule is C#CCOc1ccc([C@@H]2[C@@H](C(=O)OC)C(=C)Nc3ncnn32)cc1. The van der Waals surface area contributed by atoms with Crippen molar-refractivity contribution in [2.24, 2.45) is 5.92 Å². The average Bonchev–Trinajstić information content (AvgIpc) is 3.06. The number of nitrogens with one attached hydrogen (secondary N) is 1. The highest BCUT2D eigenvalue weighted by Crippen LogP contribution is 2.38. The van der Waals surface area contributed by atoms with E-state index in [0.717, 1.165) is 5.56 Å². The molecule has 122 valence electrons. The Morgan fingerprint density at radius 1 is 1.46 bits per heavy atom. The summed E-state index contributed by atoms with van der Waals surface area (Å²) < 4.78 is 12.0. The Kier molecular flexibility index (Phi) is 4.20. The summed E-state index contributed by atoms with van der Waals surface area (Å²) in [5, 5.41) is 7.22. The molecule has 2 atom stereocenters. The summed E-state index contributed by atoms with van der Waals surface area (Å²) in [6.07, 6.45) is 6.61. The van der Waals surface area contributed by atoms with Crippen molar-refractivity contribution in [3.05, 3.63) is 48.4 Å². The molecule has 7 heteroatoms. The highest BCUT2D eigenvalue weighted by molar-refractivity contribution is 5.78. The molecule has 1 aromatic carbocycles. The number of fused-ring (bicyclic) bond motifs is 1. The van der Waals surface area contributed by atoms with Gasteiger partial charge in [0.05, 0.1) is 13.2 Å². The van der Waals surface area contributed by atoms with E-state index >= 15 is 0 Å². The minimum absolute atomic E-state index is 0.196. The van der Waals surface area contributed by atoms with Gasteiger partial charge in [-0.3, -0.25) is 4.79 Å². The fourth-order valence-corrected chi connectivity index (χ4v) is 2.71. The molecule has 0 aliphatic carbocycles. The molecular formula is C17H16N4O3. The second-order valence-corrected chi connectivity index (χ2v) is 5.19. The molecule has 0 saturated heterocycles. The number of esters is 1. The monoisotopic (exact) mass is 324 g/mol. The smallest absolute Gasteiger partial charge is 0.317 e. The number of ether oxygens (including phenoxy) is 2. The van der Waals surface area contributed by atoms with E-state index in [0.29, 0.717) is 17.4 Å². The molecule has 0 saturated carbocycles. The topological polar surface area (TPSA) is 78.3 Å². The van der Waals surface area contributed by atoms with Gasteiger partial charge in [0.1, 0.15) is 24.6 Å². The molecule has 0 radical (unpaired) electrons. The van der Waals surface area contributed by atoms with Crippen LogP contribution in [0.15, 0.2) is 42.9 Å². The number of carbonyl (C=O) groups excluding carboxylic acids is 1. The van der Waals surface area contributed by atoms with E-state index in [-0.39, 0.29) is 6.61 Å². The summed E-state index contributed by atoms with van der Waals surface area (Å²) in [4.78, 5) is 16.4. The van der Waals surface area contributed by atoms with E-state index in [9.17, 15) is 4.79 Å². The van der Waals surface area contributed by atoms with Crippen LogP contribution in [0.5, 0.6) is 5.75 Å². The number of terminal acetylenes is 1. The summed E-state index contributed by atoms with van der Waals surface area (Å²) in [6.45, 7) is 4.13. The van der Waals surface area contributed by atoms with E-state index in [1.807, 2.05) is 12.1 Å². The lowest BCUT2D eigenvalue weighted by molar-refractivity contribution is -0.145. The van der Waals surface area contributed by atoms with Gasteiger partial charge in [0, 0.05) is 5.70 Å². The van der Waals surface area contributed by atoms with E-state index in [1.54, 1.807) is 16.8 Å². The predicted octanol–water partition coefficient (Wildman–Crippen LogP) is 1.61. The molecule has 1 aliphatic heterocycles. The maximum absolute atomic E-state index is 12.3. The largest absolute Gasteiger partial charge is 0.481 e. The first-order valence-corrected chi connectivity index (χ1v) is 7.25. The van der Waals surface area contributed by atoms with Crippen LogP contribution in [0.3, 0.4) is 0 Å². The third-order valence-corrected chi connectivity index (χ3v) is 3.80. The molecule has 7 nitrogen and oxygen atoms in total. The minimum Gasteiger partial charge on any atom is -0.481 e. The second-order valence-electron chi connectivity index (χ2n) is 5.19. The van der Waals surface area contributed by atoms with Crippen molar-refractivity contribution in [2.75, 3.05) is 19.0 Å². The molecule has 2 heterocycles. The van der Waals surface area contributed by atoms with Crippen molar-refractivity contribution in [3.8, 4) is 18.1 Å². The van der Waals surface area contributed by atoms with Gasteiger partial charge in [-0.15, -0.1) is 6.42 Å². The van der Waals surface area contributed by atoms with Crippen LogP contribution in [0.25, 0.3) is 0 Å². The molecule has 0 unspecified atom stereocenters. The van der Waals surface area contributed by atoms with Gasteiger partial charge < -0.3 is 14.8 Å². The lowest BCUT2D eigenvalue weighted by atomic mass is 9.89. The quantitative estimate of drug-likeness (QED) is 0.680. The van der Waals surface area contributed by atoms with Crippen LogP contribution in [-0.4, -0.2) is 34.5 Å². The van der Waals surface area contributed by atoms with Gasteiger partial charge in [-0.05, 0) is 17.7 Å². The van der Waals surface area contributed by atoms with E-state index < -0.39 is 17.9 Å². The first-order valence-electron chi connectivity index (χ1n) is 7.25. The molecule has 1 aliphatic rings. The van der Waals surface area contributed by atoms with E-state index in [1.165, 1.54) is 13.4 Å². The van der Waals surface area contributed by atoms with Crippen LogP contribution in [-0.2, 0) is 9.53 Å². The number of nitrogens with zero attached hydrogens (tertiary/aromatic N) is 3. The Morgan fingerprint density at radius 2 is 2.21 bits per heavy atom. The fraction of sp³-hybridized carbons (Fsp3) is 0.235. The molecule has 1 N–H and O–H groups in total. The number of rotatable bonds is 4. The summed E-state index contributed by atoms with van der Waals surface area (Å²) in [6, 6.07) is 6.89. The number of hydrogen-bond donors (Lipinski definition) is 1. The van der Waals surface area contributed by atoms with Crippen LogP contribution < -0.4 is 10.1 Å². The zero-order chi connectivity index (χ0) is 17.1. The number of carbonyl (C=O) groups is 1. The lowest BCUT2D eigenvalue weighted by Crippen LogP contribution is -2.37. The van der Waals surface area contributed by atoms with Gasteiger partial charge in [0.15, 0.2) is 0 Å². The van der Waals surface area contributed by atoms with Crippen LogP contribution in [0.2, 0.25) is 0 Å². The number of aromatic nitrogens is 3. The van der Waals surface area contributed by atoms with Crippen LogP contribution in [0, 0.1) is 18.3 Å². The van der Waals surface area contributed by atoms with Gasteiger partial charge >= 0.3 is 5.97 Å². The number of methoxy groups -OCH3 is 1. The van der Waals surface area contributed by atoms with Crippen molar-refractivity contribution in [1.82, 2.24) is 14.8 Å². The van der Waals surface area contributed by atoms with Crippen LogP contribution >= 0.6 is 0 Å². The normalized spacial score (nSPS) is 18.9. The summed E-state index contributed by atoms with van der Waals surface area (Å²) in [5.41, 5.74) is 1.37. The molecule has 24 heavy (non-hydrogen) atoms. The Labute approximate surface area is 139 Å². The minimum atomic E-state index is -0.623. The first kappa shape index (κ1) is 15.6. The third-order valence-electron chi connectivity index (χ3n) is 3.80. The molecule has 0 amide bonds. The van der Waals surface area contributed by atoms with Crippen LogP contribution in [0.4, 0.5) is 5.95 Å². The van der Waals surface area contributed by atoms with Gasteiger partial charge in [-0.25, -0.2) is 4.68 Å². The van der Waals surface area contributed by atoms with Crippen molar-refractivity contribution < 1.29 is 14.3 Å². The third kappa shape index (κ3) is 2.70. The zero-order valence-electron chi connectivity index (χ0n) is 13.1. The Balaban J connectivity index is 2.00. The lowest BCUT2D eigenvalue weighted by Gasteiger charge is -2.32. The molecule has 0 fully saturated rings. The van der Waals surface area contributed by atoms with Crippen molar-refractivity contribution in [3.63, 3.8) is 0 Å². The molecule has 1 aromatic heterocycles. The first-order chi connectivity index (χ1) is 11.7. The molecule has 2 aromatic rings. The fourth-order valence-electron chi connectivity index (χ4n) is 2.71. The second kappa shape index (κ2) is 6.46. The number of benzene rings is 1. The zero-order valence-corrected chi connectivity index (χ0v) is 13.1. The van der Waals surface area contributed by atoms with Gasteiger partial charge in [-0.2, -0.15) is 10.1 Å². The molecule has 0 bridgehead atoms. The Bertz CT molecular complexity index is 804. The van der Waals surface area contributed by atoms with Crippen molar-refractivity contribution >= 4 is 11.9 Å². The van der Waals surface area contributed by atoms with Crippen LogP contribution in [0.1, 0.15) is 11.6 Å². The summed E-state index contributed by atoms with van der Waals surface area (Å²) in [5.74, 6) is 2.57. The van der Waals surface area contributed by atoms with Gasteiger partial charge in [0.2, 0.25) is 5.95 Å². The molecule has 0 spiro atoms. The standard InChI is InChI=1S/C17H16N4O3/c1-4-9-24-13-7-5-12(6-8-13)15-14(16(22)23-3)11(2)20-17-18-10-19-21(15)17/h1,5-8,10,14-15H,2,9H2,3H3,(H,18,19,20)/t14-,15+/m0/s1. The van der Waals surface area contributed by atoms with Crippen molar-refractivity contribution in [1.29, 1.82) is 0 Å². The van der Waals surface area contributed by atoms with E-state index in [4.69, 9.17) is 15.9 Å². The Morgan fingerprint density at radius 3 is 2.88 bits per heavy atom. The summed E-state index contributed by atoms with van der Waals surface area (Å²) >= 11 is 0. The number of anilines is 1. The van der Waals surface area contributed by atoms with E-state index in [2.05, 4.69) is 27.9 Å². The van der Waals surface area contributed by atoms with Gasteiger partial charge in [0.25, 0.3) is 0 Å². The van der Waals surface area contributed by atoms with Crippen molar-refractivity contribution in [2.45, 2.75) is 6.04 Å². The highest BCUT2D eigenvalue weighted by Gasteiger charge is 2.40. The predicted molar refractivity (Wildman–Crippen MR) is 87.2 cm³/mol. The molecule has 3 rings (SSSR count).